The van der Waals surface area contributed by atoms with Crippen molar-refractivity contribution in [3.05, 3.63) is 102 Å². The van der Waals surface area contributed by atoms with Gasteiger partial charge in [-0.2, -0.15) is 0 Å². The number of piperazine rings is 1. The molecule has 4 aromatic rings. The van der Waals surface area contributed by atoms with Crippen LogP contribution in [0.5, 0.6) is 5.75 Å². The molecule has 3 heterocycles. The molecule has 1 aliphatic heterocycles. The summed E-state index contributed by atoms with van der Waals surface area (Å²) in [4.78, 5) is 16.2. The van der Waals surface area contributed by atoms with Crippen LogP contribution in [0.3, 0.4) is 0 Å². The molecule has 0 N–H and O–H groups in total. The second kappa shape index (κ2) is 11.4. The van der Waals surface area contributed by atoms with Gasteiger partial charge < -0.3 is 19.1 Å². The Kier molecular flexibility index (Phi) is 7.59. The van der Waals surface area contributed by atoms with E-state index in [0.717, 1.165) is 62.9 Å². The third-order valence-electron chi connectivity index (χ3n) is 6.74. The van der Waals surface area contributed by atoms with Gasteiger partial charge in [-0.25, -0.2) is 4.98 Å². The maximum Gasteiger partial charge on any atom is 0.119 e. The summed E-state index contributed by atoms with van der Waals surface area (Å²) < 4.78 is 7.52. The largest absolute Gasteiger partial charge is 0.497 e. The van der Waals surface area contributed by atoms with Crippen LogP contribution < -0.4 is 9.64 Å². The van der Waals surface area contributed by atoms with E-state index >= 15 is 0 Å². The van der Waals surface area contributed by atoms with Gasteiger partial charge in [-0.15, -0.1) is 0 Å². The molecule has 5 rings (SSSR count). The van der Waals surface area contributed by atoms with E-state index < -0.39 is 0 Å². The van der Waals surface area contributed by atoms with Crippen molar-refractivity contribution in [3.8, 4) is 11.4 Å². The normalized spacial score (nSPS) is 14.6. The summed E-state index contributed by atoms with van der Waals surface area (Å²) in [5.41, 5.74) is 5.83. The van der Waals surface area contributed by atoms with E-state index in [-0.39, 0.29) is 0 Å². The number of hydrogen-bond donors (Lipinski definition) is 0. The minimum Gasteiger partial charge on any atom is -0.497 e. The molecular weight excluding hydrogens is 448 g/mol. The maximum absolute atomic E-state index is 5.48. The lowest BCUT2D eigenvalue weighted by Gasteiger charge is -2.32. The van der Waals surface area contributed by atoms with Crippen LogP contribution in [-0.2, 0) is 19.6 Å². The Balaban J connectivity index is 1.41. The molecule has 0 unspecified atom stereocenters. The van der Waals surface area contributed by atoms with Crippen LogP contribution in [0, 0.1) is 0 Å². The van der Waals surface area contributed by atoms with Gasteiger partial charge >= 0.3 is 0 Å². The Morgan fingerprint density at radius 1 is 0.889 bits per heavy atom. The van der Waals surface area contributed by atoms with Crippen LogP contribution in [0.25, 0.3) is 5.69 Å². The monoisotopic (exact) mass is 482 g/mol. The number of aromatic nitrogens is 3. The topological polar surface area (TPSA) is 49.7 Å². The van der Waals surface area contributed by atoms with Crippen LogP contribution in [0.15, 0.2) is 85.6 Å². The number of pyridine rings is 1. The van der Waals surface area contributed by atoms with Crippen molar-refractivity contribution in [2.24, 2.45) is 0 Å². The molecule has 0 spiro atoms. The minimum atomic E-state index is 0.768. The number of hydrogen-bond acceptors (Lipinski definition) is 6. The van der Waals surface area contributed by atoms with E-state index in [1.165, 1.54) is 16.8 Å². The SMILES string of the molecule is COc1cccc(CN(Cc2cccc(-n3ccnc3)c2)c2ccnc(CN3CCN(C)CC3)c2)c1. The predicted octanol–water partition coefficient (Wildman–Crippen LogP) is 4.23. The van der Waals surface area contributed by atoms with Gasteiger partial charge in [-0.05, 0) is 54.6 Å². The molecule has 7 nitrogen and oxygen atoms in total. The molecule has 1 fully saturated rings. The molecule has 2 aromatic carbocycles. The highest BCUT2D eigenvalue weighted by atomic mass is 16.5. The van der Waals surface area contributed by atoms with E-state index in [2.05, 4.69) is 81.3 Å². The Morgan fingerprint density at radius 2 is 1.67 bits per heavy atom. The van der Waals surface area contributed by atoms with Crippen molar-refractivity contribution in [1.29, 1.82) is 0 Å². The number of imidazole rings is 1. The minimum absolute atomic E-state index is 0.768. The first-order chi connectivity index (χ1) is 17.7. The molecule has 36 heavy (non-hydrogen) atoms. The molecule has 0 atom stereocenters. The molecule has 0 radical (unpaired) electrons. The number of nitrogens with zero attached hydrogens (tertiary/aromatic N) is 6. The van der Waals surface area contributed by atoms with Gasteiger partial charge in [-0.1, -0.05) is 24.3 Å². The Hall–Kier alpha value is -3.68. The number of benzene rings is 2. The van der Waals surface area contributed by atoms with Gasteiger partial charge in [-0.3, -0.25) is 9.88 Å². The van der Waals surface area contributed by atoms with E-state index in [9.17, 15) is 0 Å². The number of ether oxygens (including phenoxy) is 1. The average Bonchev–Trinajstić information content (AvgIpc) is 3.46. The van der Waals surface area contributed by atoms with Gasteiger partial charge in [0.2, 0.25) is 0 Å². The van der Waals surface area contributed by atoms with Gasteiger partial charge in [0.25, 0.3) is 0 Å². The Labute approximate surface area is 213 Å². The zero-order valence-electron chi connectivity index (χ0n) is 21.1. The van der Waals surface area contributed by atoms with Crippen molar-refractivity contribution in [2.75, 3.05) is 45.2 Å². The molecule has 0 bridgehead atoms. The highest BCUT2D eigenvalue weighted by Crippen LogP contribution is 2.24. The van der Waals surface area contributed by atoms with Crippen LogP contribution in [0.1, 0.15) is 16.8 Å². The lowest BCUT2D eigenvalue weighted by Crippen LogP contribution is -2.44. The molecule has 0 saturated carbocycles. The fourth-order valence-electron chi connectivity index (χ4n) is 4.66. The lowest BCUT2D eigenvalue weighted by atomic mass is 10.1. The second-order valence-corrected chi connectivity index (χ2v) is 9.43. The first kappa shape index (κ1) is 24.0. The fourth-order valence-corrected chi connectivity index (χ4v) is 4.66. The third kappa shape index (κ3) is 6.11. The molecule has 2 aromatic heterocycles. The molecule has 0 amide bonds. The number of likely N-dealkylation sites (N-methyl/N-ethyl adjacent to an activating group) is 1. The van der Waals surface area contributed by atoms with Crippen LogP contribution >= 0.6 is 0 Å². The summed E-state index contributed by atoms with van der Waals surface area (Å²) in [5, 5.41) is 0. The Morgan fingerprint density at radius 3 is 2.42 bits per heavy atom. The van der Waals surface area contributed by atoms with Gasteiger partial charge in [0.1, 0.15) is 5.75 Å². The summed E-state index contributed by atoms with van der Waals surface area (Å²) in [5.74, 6) is 0.875. The van der Waals surface area contributed by atoms with Crippen LogP contribution in [0.2, 0.25) is 0 Å². The van der Waals surface area contributed by atoms with Gasteiger partial charge in [0.15, 0.2) is 0 Å². The lowest BCUT2D eigenvalue weighted by molar-refractivity contribution is 0.147. The van der Waals surface area contributed by atoms with E-state index in [1.54, 1.807) is 13.3 Å². The van der Waals surface area contributed by atoms with E-state index in [1.807, 2.05) is 29.4 Å². The van der Waals surface area contributed by atoms with E-state index in [0.29, 0.717) is 0 Å². The van der Waals surface area contributed by atoms with Crippen molar-refractivity contribution in [1.82, 2.24) is 24.3 Å². The number of methoxy groups -OCH3 is 1. The molecular formula is C29H34N6O. The van der Waals surface area contributed by atoms with Crippen molar-refractivity contribution in [3.63, 3.8) is 0 Å². The summed E-state index contributed by atoms with van der Waals surface area (Å²) in [6, 6.07) is 21.3. The molecule has 1 saturated heterocycles. The predicted molar refractivity (Wildman–Crippen MR) is 143 cm³/mol. The van der Waals surface area contributed by atoms with Crippen molar-refractivity contribution in [2.45, 2.75) is 19.6 Å². The Bertz CT molecular complexity index is 1250. The average molecular weight is 483 g/mol. The molecule has 186 valence electrons. The summed E-state index contributed by atoms with van der Waals surface area (Å²) in [6.45, 7) is 6.80. The fraction of sp³-hybridized carbons (Fsp3) is 0.310. The van der Waals surface area contributed by atoms with Gasteiger partial charge in [0, 0.05) is 75.8 Å². The molecule has 1 aliphatic rings. The highest BCUT2D eigenvalue weighted by molar-refractivity contribution is 5.49. The van der Waals surface area contributed by atoms with Crippen molar-refractivity contribution >= 4 is 5.69 Å². The first-order valence-corrected chi connectivity index (χ1v) is 12.5. The zero-order valence-corrected chi connectivity index (χ0v) is 21.1. The molecule has 0 aliphatic carbocycles. The quantitative estimate of drug-likeness (QED) is 0.356. The number of rotatable bonds is 9. The smallest absolute Gasteiger partial charge is 0.119 e. The first-order valence-electron chi connectivity index (χ1n) is 12.5. The van der Waals surface area contributed by atoms with Crippen LogP contribution in [0.4, 0.5) is 5.69 Å². The van der Waals surface area contributed by atoms with Crippen molar-refractivity contribution < 1.29 is 4.74 Å². The van der Waals surface area contributed by atoms with Crippen LogP contribution in [-0.4, -0.2) is 64.7 Å². The number of anilines is 1. The van der Waals surface area contributed by atoms with E-state index in [4.69, 9.17) is 9.72 Å². The second-order valence-electron chi connectivity index (χ2n) is 9.43. The van der Waals surface area contributed by atoms with Gasteiger partial charge in [0.05, 0.1) is 19.1 Å². The summed E-state index contributed by atoms with van der Waals surface area (Å²) in [6.07, 6.45) is 7.56. The summed E-state index contributed by atoms with van der Waals surface area (Å²) >= 11 is 0. The standard InChI is InChI=1S/C29H34N6O/c1-32-13-15-33(16-14-32)22-26-19-28(9-10-31-26)35(21-25-6-4-8-29(18-25)36-2)20-24-5-3-7-27(17-24)34-12-11-30-23-34/h3-12,17-19,23H,13-16,20-22H2,1-2H3. The maximum atomic E-state index is 5.48. The summed E-state index contributed by atoms with van der Waals surface area (Å²) in [7, 11) is 3.90. The highest BCUT2D eigenvalue weighted by Gasteiger charge is 2.16. The molecule has 7 heteroatoms. The third-order valence-corrected chi connectivity index (χ3v) is 6.74. The zero-order chi connectivity index (χ0) is 24.7.